The number of nitrogen functional groups attached to an aromatic ring is 2. The third-order valence-electron chi connectivity index (χ3n) is 2.64. The molecule has 0 saturated heterocycles. The summed E-state index contributed by atoms with van der Waals surface area (Å²) in [6.07, 6.45) is -0.698. The summed E-state index contributed by atoms with van der Waals surface area (Å²) >= 11 is 0. The molecule has 0 aliphatic rings. The van der Waals surface area contributed by atoms with Crippen molar-refractivity contribution < 1.29 is 14.3 Å². The van der Waals surface area contributed by atoms with Gasteiger partial charge in [-0.15, -0.1) is 0 Å². The van der Waals surface area contributed by atoms with E-state index in [0.29, 0.717) is 13.2 Å². The summed E-state index contributed by atoms with van der Waals surface area (Å²) < 4.78 is 10.2. The molecule has 0 unspecified atom stereocenters. The van der Waals surface area contributed by atoms with Gasteiger partial charge in [0.05, 0.1) is 6.61 Å². The number of nitrogens with one attached hydrogen (secondary N) is 1. The maximum absolute atomic E-state index is 11.8. The lowest BCUT2D eigenvalue weighted by Crippen LogP contribution is -2.27. The molecule has 0 atom stereocenters. The Morgan fingerprint density at radius 3 is 2.55 bits per heavy atom. The van der Waals surface area contributed by atoms with Crippen molar-refractivity contribution in [2.75, 3.05) is 18.1 Å². The van der Waals surface area contributed by atoms with Crippen molar-refractivity contribution in [2.45, 2.75) is 13.5 Å². The number of carbonyl (C=O) groups excluding carboxylic acids is 1. The minimum absolute atomic E-state index is 0.0194. The van der Waals surface area contributed by atoms with Gasteiger partial charge in [-0.1, -0.05) is 30.3 Å². The minimum atomic E-state index is -0.698. The minimum Gasteiger partial charge on any atom is -0.476 e. The van der Waals surface area contributed by atoms with Crippen molar-refractivity contribution in [3.63, 3.8) is 0 Å². The van der Waals surface area contributed by atoms with Crippen LogP contribution in [0.5, 0.6) is 11.8 Å². The van der Waals surface area contributed by atoms with Gasteiger partial charge in [0.15, 0.2) is 5.69 Å². The van der Waals surface area contributed by atoms with Crippen molar-refractivity contribution in [3.05, 3.63) is 35.9 Å². The largest absolute Gasteiger partial charge is 0.476 e. The van der Waals surface area contributed by atoms with Crippen molar-refractivity contribution in [1.29, 1.82) is 0 Å². The highest BCUT2D eigenvalue weighted by atomic mass is 16.6. The first-order valence-corrected chi connectivity index (χ1v) is 6.65. The molecule has 1 aromatic heterocycles. The van der Waals surface area contributed by atoms with Crippen LogP contribution in [0.25, 0.3) is 0 Å². The molecule has 2 rings (SSSR count). The van der Waals surface area contributed by atoms with Crippen LogP contribution in [0.3, 0.4) is 0 Å². The number of ether oxygens (including phenoxy) is 2. The number of anilines is 2. The highest BCUT2D eigenvalue weighted by Crippen LogP contribution is 2.28. The average molecular weight is 303 g/mol. The van der Waals surface area contributed by atoms with Crippen LogP contribution in [0, 0.1) is 0 Å². The highest BCUT2D eigenvalue weighted by molar-refractivity contribution is 5.73. The summed E-state index contributed by atoms with van der Waals surface area (Å²) in [5.41, 5.74) is 12.3. The molecule has 2 aromatic rings. The first-order valence-electron chi connectivity index (χ1n) is 6.65. The molecule has 1 heterocycles. The van der Waals surface area contributed by atoms with Crippen LogP contribution in [-0.2, 0) is 6.54 Å². The summed E-state index contributed by atoms with van der Waals surface area (Å²) in [7, 11) is 0. The van der Waals surface area contributed by atoms with E-state index in [1.165, 1.54) is 0 Å². The number of nitrogens with zero attached hydrogens (tertiary/aromatic N) is 2. The Balaban J connectivity index is 2.02. The second-order valence-corrected chi connectivity index (χ2v) is 4.27. The molecule has 0 spiro atoms. The van der Waals surface area contributed by atoms with E-state index >= 15 is 0 Å². The normalized spacial score (nSPS) is 10.0. The number of hydrogen-bond acceptors (Lipinski definition) is 7. The molecule has 0 aliphatic carbocycles. The first-order chi connectivity index (χ1) is 10.6. The topological polar surface area (TPSA) is 125 Å². The second-order valence-electron chi connectivity index (χ2n) is 4.27. The number of benzene rings is 1. The number of carbonyl (C=O) groups is 1. The molecule has 8 nitrogen and oxygen atoms in total. The van der Waals surface area contributed by atoms with Gasteiger partial charge in [-0.25, -0.2) is 4.79 Å². The van der Waals surface area contributed by atoms with Crippen LogP contribution < -0.4 is 26.3 Å². The Bertz CT molecular complexity index is 648. The fraction of sp³-hybridized carbons (Fsp3) is 0.214. The zero-order valence-corrected chi connectivity index (χ0v) is 12.1. The Kier molecular flexibility index (Phi) is 4.97. The van der Waals surface area contributed by atoms with Crippen LogP contribution in [-0.4, -0.2) is 22.7 Å². The van der Waals surface area contributed by atoms with Gasteiger partial charge in [0, 0.05) is 6.54 Å². The average Bonchev–Trinajstić information content (AvgIpc) is 2.51. The van der Waals surface area contributed by atoms with E-state index in [1.54, 1.807) is 6.92 Å². The van der Waals surface area contributed by atoms with Crippen LogP contribution in [0.4, 0.5) is 16.4 Å². The lowest BCUT2D eigenvalue weighted by Gasteiger charge is -2.11. The van der Waals surface area contributed by atoms with Gasteiger partial charge in [-0.05, 0) is 12.5 Å². The SMILES string of the molecule is CCOc1nc(N)nc(OC(=O)NCc2ccccc2)c1N. The van der Waals surface area contributed by atoms with Gasteiger partial charge in [0.25, 0.3) is 5.88 Å². The molecule has 22 heavy (non-hydrogen) atoms. The number of rotatable bonds is 5. The van der Waals surface area contributed by atoms with Crippen molar-refractivity contribution in [3.8, 4) is 11.8 Å². The van der Waals surface area contributed by atoms with E-state index in [1.807, 2.05) is 30.3 Å². The van der Waals surface area contributed by atoms with E-state index < -0.39 is 6.09 Å². The molecule has 0 bridgehead atoms. The maximum atomic E-state index is 11.8. The molecule has 0 saturated carbocycles. The smallest absolute Gasteiger partial charge is 0.414 e. The molecule has 0 fully saturated rings. The lowest BCUT2D eigenvalue weighted by molar-refractivity contribution is 0.198. The van der Waals surface area contributed by atoms with E-state index in [9.17, 15) is 4.79 Å². The second kappa shape index (κ2) is 7.11. The highest BCUT2D eigenvalue weighted by Gasteiger charge is 2.16. The number of nitrogens with two attached hydrogens (primary N) is 2. The predicted molar refractivity (Wildman–Crippen MR) is 81.3 cm³/mol. The molecule has 1 aromatic carbocycles. The van der Waals surface area contributed by atoms with Gasteiger partial charge in [0.2, 0.25) is 11.8 Å². The zero-order valence-electron chi connectivity index (χ0n) is 12.1. The van der Waals surface area contributed by atoms with Crippen LogP contribution >= 0.6 is 0 Å². The summed E-state index contributed by atoms with van der Waals surface area (Å²) in [6.45, 7) is 2.43. The molecule has 116 valence electrons. The molecular formula is C14H17N5O3. The Labute approximate surface area is 127 Å². The Morgan fingerprint density at radius 1 is 1.18 bits per heavy atom. The van der Waals surface area contributed by atoms with Gasteiger partial charge >= 0.3 is 6.09 Å². The van der Waals surface area contributed by atoms with E-state index in [2.05, 4.69) is 15.3 Å². The maximum Gasteiger partial charge on any atom is 0.414 e. The molecule has 5 N–H and O–H groups in total. The van der Waals surface area contributed by atoms with Gasteiger partial charge in [-0.3, -0.25) is 0 Å². The van der Waals surface area contributed by atoms with E-state index in [-0.39, 0.29) is 23.4 Å². The standard InChI is InChI=1S/C14H17N5O3/c1-2-21-11-10(15)12(19-13(16)18-11)22-14(20)17-8-9-6-4-3-5-7-9/h3-7H,2,8,15H2,1H3,(H,17,20)(H2,16,18,19). The summed E-state index contributed by atoms with van der Waals surface area (Å²) in [4.78, 5) is 19.4. The lowest BCUT2D eigenvalue weighted by atomic mass is 10.2. The van der Waals surface area contributed by atoms with E-state index in [0.717, 1.165) is 5.56 Å². The fourth-order valence-electron chi connectivity index (χ4n) is 1.66. The summed E-state index contributed by atoms with van der Waals surface area (Å²) in [6, 6.07) is 9.40. The van der Waals surface area contributed by atoms with Crippen molar-refractivity contribution in [1.82, 2.24) is 15.3 Å². The monoisotopic (exact) mass is 303 g/mol. The molecule has 0 radical (unpaired) electrons. The van der Waals surface area contributed by atoms with Crippen LogP contribution in [0.1, 0.15) is 12.5 Å². The number of hydrogen-bond donors (Lipinski definition) is 3. The predicted octanol–water partition coefficient (Wildman–Crippen LogP) is 1.33. The molecule has 0 aliphatic heterocycles. The Hall–Kier alpha value is -3.03. The number of amides is 1. The van der Waals surface area contributed by atoms with Crippen molar-refractivity contribution in [2.24, 2.45) is 0 Å². The van der Waals surface area contributed by atoms with Crippen molar-refractivity contribution >= 4 is 17.7 Å². The van der Waals surface area contributed by atoms with E-state index in [4.69, 9.17) is 20.9 Å². The summed E-state index contributed by atoms with van der Waals surface area (Å²) in [5, 5.41) is 2.59. The number of aromatic nitrogens is 2. The molecular weight excluding hydrogens is 286 g/mol. The third kappa shape index (κ3) is 3.98. The van der Waals surface area contributed by atoms with Gasteiger partial charge < -0.3 is 26.3 Å². The van der Waals surface area contributed by atoms with Crippen LogP contribution in [0.2, 0.25) is 0 Å². The zero-order chi connectivity index (χ0) is 15.9. The van der Waals surface area contributed by atoms with Crippen LogP contribution in [0.15, 0.2) is 30.3 Å². The van der Waals surface area contributed by atoms with Gasteiger partial charge in [0.1, 0.15) is 0 Å². The quantitative estimate of drug-likeness (QED) is 0.760. The third-order valence-corrected chi connectivity index (χ3v) is 2.64. The first kappa shape index (κ1) is 15.4. The Morgan fingerprint density at radius 2 is 1.86 bits per heavy atom. The fourth-order valence-corrected chi connectivity index (χ4v) is 1.66. The summed E-state index contributed by atoms with van der Waals surface area (Å²) in [5.74, 6) is -0.147. The molecule has 8 heteroatoms. The molecule has 1 amide bonds. The van der Waals surface area contributed by atoms with Gasteiger partial charge in [-0.2, -0.15) is 9.97 Å².